The van der Waals surface area contributed by atoms with Gasteiger partial charge in [-0.25, -0.2) is 8.42 Å². The van der Waals surface area contributed by atoms with Crippen molar-refractivity contribution in [2.24, 2.45) is 0 Å². The molecule has 2 amide bonds. The predicted octanol–water partition coefficient (Wildman–Crippen LogP) is 6.20. The first-order valence-corrected chi connectivity index (χ1v) is 17.2. The number of aryl methyl sites for hydroxylation is 2. The van der Waals surface area contributed by atoms with E-state index in [2.05, 4.69) is 5.32 Å². The van der Waals surface area contributed by atoms with Gasteiger partial charge < -0.3 is 10.2 Å². The number of amides is 2. The van der Waals surface area contributed by atoms with E-state index in [0.717, 1.165) is 54.2 Å². The molecule has 0 radical (unpaired) electrons. The summed E-state index contributed by atoms with van der Waals surface area (Å²) in [4.78, 5) is 29.6. The summed E-state index contributed by atoms with van der Waals surface area (Å²) in [7, 11) is -3.63. The van der Waals surface area contributed by atoms with Gasteiger partial charge in [0.2, 0.25) is 21.8 Å². The van der Waals surface area contributed by atoms with E-state index in [1.165, 1.54) is 4.31 Å². The zero-order valence-corrected chi connectivity index (χ0v) is 26.8. The van der Waals surface area contributed by atoms with Gasteiger partial charge in [-0.2, -0.15) is 0 Å². The Labute approximate surface area is 261 Å². The van der Waals surface area contributed by atoms with Crippen LogP contribution in [-0.4, -0.2) is 50.0 Å². The van der Waals surface area contributed by atoms with Gasteiger partial charge in [0.15, 0.2) is 0 Å². The number of anilines is 1. The normalized spacial score (nSPS) is 14.3. The number of sulfonamides is 1. The molecule has 3 aromatic carbocycles. The fourth-order valence-corrected chi connectivity index (χ4v) is 6.83. The van der Waals surface area contributed by atoms with Crippen LogP contribution in [0, 0.1) is 13.8 Å². The topological polar surface area (TPSA) is 86.8 Å². The Balaban J connectivity index is 1.59. The third-order valence-electron chi connectivity index (χ3n) is 8.04. The van der Waals surface area contributed by atoms with Crippen LogP contribution < -0.4 is 9.62 Å². The molecule has 1 atom stereocenters. The molecule has 4 rings (SSSR count). The molecule has 0 unspecified atom stereocenters. The highest BCUT2D eigenvalue weighted by molar-refractivity contribution is 7.92. The van der Waals surface area contributed by atoms with E-state index < -0.39 is 16.1 Å². The SMILES string of the molecule is Cc1ccc(CN(C(=O)CCCN(c2cc(Cl)ccc2C)S(C)(=O)=O)[C@@H](Cc2ccccc2)C(=O)NC2CCCC2)cc1. The Hall–Kier alpha value is -3.36. The molecule has 0 saturated heterocycles. The minimum absolute atomic E-state index is 0.0828. The Bertz CT molecular complexity index is 1490. The van der Waals surface area contributed by atoms with Crippen LogP contribution in [0.15, 0.2) is 72.8 Å². The van der Waals surface area contributed by atoms with Crippen molar-refractivity contribution in [2.75, 3.05) is 17.1 Å². The highest BCUT2D eigenvalue weighted by atomic mass is 35.5. The standard InChI is InChI=1S/C34H42ClN3O4S/c1-25-15-18-28(19-16-25)24-37(32(22-27-10-5-4-6-11-27)34(40)36-30-12-7-8-13-30)33(39)14-9-21-38(43(3,41)42)31-23-29(35)20-17-26(31)2/h4-6,10-11,15-20,23,30,32H,7-9,12-14,21-22,24H2,1-3H3,(H,36,40)/t32-/m0/s1. The molecule has 1 fully saturated rings. The third-order valence-corrected chi connectivity index (χ3v) is 9.45. The van der Waals surface area contributed by atoms with E-state index in [0.29, 0.717) is 17.1 Å². The molecule has 1 N–H and O–H groups in total. The number of nitrogens with zero attached hydrogens (tertiary/aromatic N) is 2. The molecule has 0 bridgehead atoms. The fraction of sp³-hybridized carbons (Fsp3) is 0.412. The zero-order chi connectivity index (χ0) is 31.0. The summed E-state index contributed by atoms with van der Waals surface area (Å²) in [5.74, 6) is -0.345. The minimum Gasteiger partial charge on any atom is -0.352 e. The van der Waals surface area contributed by atoms with Gasteiger partial charge in [0.1, 0.15) is 6.04 Å². The number of hydrogen-bond donors (Lipinski definition) is 1. The van der Waals surface area contributed by atoms with Gasteiger partial charge in [-0.3, -0.25) is 13.9 Å². The lowest BCUT2D eigenvalue weighted by atomic mass is 10.0. The Morgan fingerprint density at radius 1 is 0.953 bits per heavy atom. The molecule has 0 aromatic heterocycles. The van der Waals surface area contributed by atoms with Crippen LogP contribution in [0.25, 0.3) is 0 Å². The lowest BCUT2D eigenvalue weighted by Gasteiger charge is -2.33. The third kappa shape index (κ3) is 9.31. The second-order valence-electron chi connectivity index (χ2n) is 11.6. The van der Waals surface area contributed by atoms with Gasteiger partial charge in [-0.15, -0.1) is 0 Å². The van der Waals surface area contributed by atoms with Gasteiger partial charge in [0, 0.05) is 37.0 Å². The second kappa shape index (κ2) is 14.9. The highest BCUT2D eigenvalue weighted by Crippen LogP contribution is 2.27. The number of nitrogens with one attached hydrogen (secondary N) is 1. The van der Waals surface area contributed by atoms with E-state index in [4.69, 9.17) is 11.6 Å². The zero-order valence-electron chi connectivity index (χ0n) is 25.3. The molecule has 1 saturated carbocycles. The summed E-state index contributed by atoms with van der Waals surface area (Å²) in [6.07, 6.45) is 5.97. The van der Waals surface area contributed by atoms with E-state index >= 15 is 0 Å². The van der Waals surface area contributed by atoms with Gasteiger partial charge >= 0.3 is 0 Å². The molecule has 3 aromatic rings. The predicted molar refractivity (Wildman–Crippen MR) is 174 cm³/mol. The lowest BCUT2D eigenvalue weighted by Crippen LogP contribution is -2.52. The molecule has 1 aliphatic carbocycles. The first-order chi connectivity index (χ1) is 20.5. The summed E-state index contributed by atoms with van der Waals surface area (Å²) in [5.41, 5.74) is 4.28. The highest BCUT2D eigenvalue weighted by Gasteiger charge is 2.32. The quantitative estimate of drug-likeness (QED) is 0.246. The van der Waals surface area contributed by atoms with Crippen molar-refractivity contribution in [3.8, 4) is 0 Å². The summed E-state index contributed by atoms with van der Waals surface area (Å²) in [6.45, 7) is 4.23. The minimum atomic E-state index is -3.63. The van der Waals surface area contributed by atoms with Gasteiger partial charge in [0.05, 0.1) is 11.9 Å². The summed E-state index contributed by atoms with van der Waals surface area (Å²) < 4.78 is 26.9. The largest absolute Gasteiger partial charge is 0.352 e. The maximum Gasteiger partial charge on any atom is 0.243 e. The van der Waals surface area contributed by atoms with Crippen LogP contribution in [-0.2, 0) is 32.6 Å². The second-order valence-corrected chi connectivity index (χ2v) is 13.9. The van der Waals surface area contributed by atoms with Crippen LogP contribution in [0.1, 0.15) is 60.8 Å². The van der Waals surface area contributed by atoms with Gasteiger partial charge in [0.25, 0.3) is 0 Å². The van der Waals surface area contributed by atoms with Crippen LogP contribution in [0.3, 0.4) is 0 Å². The maximum atomic E-state index is 14.0. The van der Waals surface area contributed by atoms with Gasteiger partial charge in [-0.1, -0.05) is 90.7 Å². The Kier molecular flexibility index (Phi) is 11.3. The van der Waals surface area contributed by atoms with Crippen LogP contribution in [0.5, 0.6) is 0 Å². The van der Waals surface area contributed by atoms with Crippen molar-refractivity contribution in [1.29, 1.82) is 0 Å². The number of benzene rings is 3. The molecular weight excluding hydrogens is 582 g/mol. The summed E-state index contributed by atoms with van der Waals surface area (Å²) in [6, 6.07) is 22.3. The average Bonchev–Trinajstić information content (AvgIpc) is 3.48. The van der Waals surface area contributed by atoms with Crippen molar-refractivity contribution in [2.45, 2.75) is 77.4 Å². The van der Waals surface area contributed by atoms with Crippen molar-refractivity contribution >= 4 is 39.1 Å². The Morgan fingerprint density at radius 2 is 1.63 bits per heavy atom. The molecule has 1 aliphatic rings. The van der Waals surface area contributed by atoms with E-state index in [-0.39, 0.29) is 43.8 Å². The van der Waals surface area contributed by atoms with Crippen molar-refractivity contribution < 1.29 is 18.0 Å². The van der Waals surface area contributed by atoms with E-state index in [1.807, 2.05) is 68.4 Å². The first kappa shape index (κ1) is 32.6. The molecular formula is C34H42ClN3O4S. The number of hydrogen-bond acceptors (Lipinski definition) is 4. The lowest BCUT2D eigenvalue weighted by molar-refractivity contribution is -0.141. The summed E-state index contributed by atoms with van der Waals surface area (Å²) >= 11 is 6.20. The molecule has 0 spiro atoms. The van der Waals surface area contributed by atoms with Crippen molar-refractivity contribution in [3.05, 3.63) is 100 Å². The monoisotopic (exact) mass is 623 g/mol. The number of carbonyl (C=O) groups excluding carboxylic acids is 2. The molecule has 7 nitrogen and oxygen atoms in total. The molecule has 43 heavy (non-hydrogen) atoms. The van der Waals surface area contributed by atoms with Crippen molar-refractivity contribution in [3.63, 3.8) is 0 Å². The van der Waals surface area contributed by atoms with Crippen LogP contribution in [0.2, 0.25) is 5.02 Å². The summed E-state index contributed by atoms with van der Waals surface area (Å²) in [5, 5.41) is 3.66. The maximum absolute atomic E-state index is 14.0. The van der Waals surface area contributed by atoms with E-state index in [9.17, 15) is 18.0 Å². The van der Waals surface area contributed by atoms with E-state index in [1.54, 1.807) is 23.1 Å². The first-order valence-electron chi connectivity index (χ1n) is 14.9. The van der Waals surface area contributed by atoms with Gasteiger partial charge in [-0.05, 0) is 61.9 Å². The van der Waals surface area contributed by atoms with Crippen LogP contribution in [0.4, 0.5) is 5.69 Å². The Morgan fingerprint density at radius 3 is 2.28 bits per heavy atom. The number of halogens is 1. The average molecular weight is 624 g/mol. The number of carbonyl (C=O) groups is 2. The smallest absolute Gasteiger partial charge is 0.243 e. The van der Waals surface area contributed by atoms with Crippen molar-refractivity contribution in [1.82, 2.24) is 10.2 Å². The van der Waals surface area contributed by atoms with Crippen LogP contribution >= 0.6 is 11.6 Å². The molecule has 230 valence electrons. The molecule has 0 heterocycles. The molecule has 9 heteroatoms. The molecule has 0 aliphatic heterocycles. The fourth-order valence-electron chi connectivity index (χ4n) is 5.65. The number of rotatable bonds is 13.